The van der Waals surface area contributed by atoms with Crippen molar-refractivity contribution < 1.29 is 4.74 Å². The highest BCUT2D eigenvalue weighted by atomic mass is 16.5. The van der Waals surface area contributed by atoms with Crippen LogP contribution in [0, 0.1) is 0 Å². The first-order valence-electron chi connectivity index (χ1n) is 2.75. The lowest BCUT2D eigenvalue weighted by molar-refractivity contribution is 0.289. The molecule has 0 bridgehead atoms. The van der Waals surface area contributed by atoms with Gasteiger partial charge >= 0.3 is 0 Å². The van der Waals surface area contributed by atoms with Crippen LogP contribution in [0.4, 0.5) is 0 Å². The minimum atomic E-state index is 0.681. The van der Waals surface area contributed by atoms with Gasteiger partial charge in [-0.2, -0.15) is 0 Å². The monoisotopic (exact) mass is 112 g/mol. The SMILES string of the molecule is C/C=C\CO/C=C\C. The summed E-state index contributed by atoms with van der Waals surface area (Å²) in [4.78, 5) is 0. The molecule has 0 amide bonds. The van der Waals surface area contributed by atoms with Crippen molar-refractivity contribution >= 4 is 0 Å². The summed E-state index contributed by atoms with van der Waals surface area (Å²) in [6.07, 6.45) is 7.47. The maximum absolute atomic E-state index is 4.96. The molecule has 1 heteroatoms. The molecule has 0 aliphatic carbocycles. The fourth-order valence-electron chi connectivity index (χ4n) is 0.304. The van der Waals surface area contributed by atoms with Crippen LogP contribution < -0.4 is 0 Å². The fourth-order valence-corrected chi connectivity index (χ4v) is 0.304. The van der Waals surface area contributed by atoms with Crippen molar-refractivity contribution in [3.8, 4) is 0 Å². The molecule has 0 aromatic heterocycles. The van der Waals surface area contributed by atoms with Crippen LogP contribution in [0.25, 0.3) is 0 Å². The standard InChI is InChI=1S/C7H12O/c1-3-5-7-8-6-4-2/h3-6H,7H2,1-2H3/b5-3-,6-4-. The van der Waals surface area contributed by atoms with Crippen LogP contribution in [-0.4, -0.2) is 6.61 Å². The number of hydrogen-bond donors (Lipinski definition) is 0. The zero-order valence-corrected chi connectivity index (χ0v) is 5.42. The van der Waals surface area contributed by atoms with Crippen LogP contribution in [0.1, 0.15) is 13.8 Å². The zero-order chi connectivity index (χ0) is 6.24. The third-order valence-corrected chi connectivity index (χ3v) is 0.660. The summed E-state index contributed by atoms with van der Waals surface area (Å²) < 4.78 is 4.96. The average molecular weight is 112 g/mol. The molecule has 0 rings (SSSR count). The van der Waals surface area contributed by atoms with Gasteiger partial charge in [-0.25, -0.2) is 0 Å². The molecule has 46 valence electrons. The van der Waals surface area contributed by atoms with Crippen molar-refractivity contribution in [3.63, 3.8) is 0 Å². The van der Waals surface area contributed by atoms with Crippen LogP contribution >= 0.6 is 0 Å². The molecule has 0 fully saturated rings. The minimum Gasteiger partial charge on any atom is -0.497 e. The number of hydrogen-bond acceptors (Lipinski definition) is 1. The molecule has 0 saturated heterocycles. The predicted molar refractivity (Wildman–Crippen MR) is 35.6 cm³/mol. The molecule has 8 heavy (non-hydrogen) atoms. The van der Waals surface area contributed by atoms with Crippen molar-refractivity contribution in [2.45, 2.75) is 13.8 Å². The molecule has 0 unspecified atom stereocenters. The van der Waals surface area contributed by atoms with Crippen LogP contribution in [0.2, 0.25) is 0 Å². The molecular formula is C7H12O. The molecule has 0 N–H and O–H groups in total. The Hall–Kier alpha value is -0.720. The normalized spacial score (nSPS) is 11.2. The van der Waals surface area contributed by atoms with Gasteiger partial charge in [-0.15, -0.1) is 0 Å². The molecule has 0 atom stereocenters. The molecule has 0 aromatic rings. The Morgan fingerprint density at radius 2 is 2.00 bits per heavy atom. The van der Waals surface area contributed by atoms with Crippen molar-refractivity contribution in [3.05, 3.63) is 24.5 Å². The van der Waals surface area contributed by atoms with E-state index in [1.165, 1.54) is 0 Å². The van der Waals surface area contributed by atoms with Crippen molar-refractivity contribution in [2.24, 2.45) is 0 Å². The van der Waals surface area contributed by atoms with E-state index in [2.05, 4.69) is 0 Å². The van der Waals surface area contributed by atoms with E-state index in [-0.39, 0.29) is 0 Å². The van der Waals surface area contributed by atoms with Gasteiger partial charge < -0.3 is 4.74 Å². The smallest absolute Gasteiger partial charge is 0.105 e. The van der Waals surface area contributed by atoms with Gasteiger partial charge in [0, 0.05) is 0 Å². The van der Waals surface area contributed by atoms with E-state index >= 15 is 0 Å². The zero-order valence-electron chi connectivity index (χ0n) is 5.42. The van der Waals surface area contributed by atoms with Gasteiger partial charge in [0.1, 0.15) is 6.61 Å². The first-order chi connectivity index (χ1) is 3.91. The van der Waals surface area contributed by atoms with Gasteiger partial charge in [-0.3, -0.25) is 0 Å². The van der Waals surface area contributed by atoms with E-state index in [1.54, 1.807) is 6.26 Å². The molecule has 0 saturated carbocycles. The second-order valence-corrected chi connectivity index (χ2v) is 1.37. The molecule has 0 heterocycles. The van der Waals surface area contributed by atoms with Crippen LogP contribution in [0.3, 0.4) is 0 Å². The van der Waals surface area contributed by atoms with Crippen LogP contribution in [-0.2, 0) is 4.74 Å². The highest BCUT2D eigenvalue weighted by Crippen LogP contribution is 1.77. The molecule has 0 spiro atoms. The molecule has 1 nitrogen and oxygen atoms in total. The van der Waals surface area contributed by atoms with Crippen molar-refractivity contribution in [2.75, 3.05) is 6.61 Å². The molecule has 0 aliphatic rings. The Morgan fingerprint density at radius 3 is 2.50 bits per heavy atom. The van der Waals surface area contributed by atoms with Gasteiger partial charge in [0.2, 0.25) is 0 Å². The highest BCUT2D eigenvalue weighted by molar-refractivity contribution is 4.77. The first kappa shape index (κ1) is 7.28. The van der Waals surface area contributed by atoms with Crippen LogP contribution in [0.5, 0.6) is 0 Å². The van der Waals surface area contributed by atoms with E-state index in [0.29, 0.717) is 6.61 Å². The molecule has 0 aliphatic heterocycles. The Balaban J connectivity index is 2.93. The summed E-state index contributed by atoms with van der Waals surface area (Å²) in [7, 11) is 0. The average Bonchev–Trinajstić information content (AvgIpc) is 1.81. The topological polar surface area (TPSA) is 9.23 Å². The lowest BCUT2D eigenvalue weighted by Gasteiger charge is -1.89. The van der Waals surface area contributed by atoms with Crippen LogP contribution in [0.15, 0.2) is 24.5 Å². The first-order valence-corrected chi connectivity index (χ1v) is 2.75. The number of rotatable bonds is 3. The number of ether oxygens (including phenoxy) is 1. The van der Waals surface area contributed by atoms with Gasteiger partial charge in [-0.05, 0) is 13.8 Å². The summed E-state index contributed by atoms with van der Waals surface area (Å²) in [5.41, 5.74) is 0. The summed E-state index contributed by atoms with van der Waals surface area (Å²) in [6, 6.07) is 0. The van der Waals surface area contributed by atoms with E-state index in [0.717, 1.165) is 0 Å². The Kier molecular flexibility index (Phi) is 5.71. The van der Waals surface area contributed by atoms with Gasteiger partial charge in [0.05, 0.1) is 6.26 Å². The van der Waals surface area contributed by atoms with Crippen molar-refractivity contribution in [1.29, 1.82) is 0 Å². The maximum Gasteiger partial charge on any atom is 0.105 e. The Bertz CT molecular complexity index is 70.4. The second kappa shape index (κ2) is 6.28. The maximum atomic E-state index is 4.96. The summed E-state index contributed by atoms with van der Waals surface area (Å²) in [6.45, 7) is 4.58. The Labute approximate surface area is 50.7 Å². The second-order valence-electron chi connectivity index (χ2n) is 1.37. The third kappa shape index (κ3) is 5.28. The van der Waals surface area contributed by atoms with Crippen molar-refractivity contribution in [1.82, 2.24) is 0 Å². The van der Waals surface area contributed by atoms with Gasteiger partial charge in [0.15, 0.2) is 0 Å². The summed E-state index contributed by atoms with van der Waals surface area (Å²) in [5, 5.41) is 0. The Morgan fingerprint density at radius 1 is 1.25 bits per heavy atom. The lowest BCUT2D eigenvalue weighted by atomic mass is 10.6. The molecule has 0 aromatic carbocycles. The lowest BCUT2D eigenvalue weighted by Crippen LogP contribution is -1.77. The van der Waals surface area contributed by atoms with E-state index in [1.807, 2.05) is 32.1 Å². The summed E-state index contributed by atoms with van der Waals surface area (Å²) in [5.74, 6) is 0. The largest absolute Gasteiger partial charge is 0.497 e. The minimum absolute atomic E-state index is 0.681. The predicted octanol–water partition coefficient (Wildman–Crippen LogP) is 2.11. The van der Waals surface area contributed by atoms with E-state index < -0.39 is 0 Å². The fraction of sp³-hybridized carbons (Fsp3) is 0.429. The van der Waals surface area contributed by atoms with Gasteiger partial charge in [-0.1, -0.05) is 18.2 Å². The molecule has 0 radical (unpaired) electrons. The quantitative estimate of drug-likeness (QED) is 0.308. The summed E-state index contributed by atoms with van der Waals surface area (Å²) >= 11 is 0. The third-order valence-electron chi connectivity index (χ3n) is 0.660. The molecular weight excluding hydrogens is 100 g/mol. The van der Waals surface area contributed by atoms with E-state index in [9.17, 15) is 0 Å². The van der Waals surface area contributed by atoms with E-state index in [4.69, 9.17) is 4.74 Å². The highest BCUT2D eigenvalue weighted by Gasteiger charge is 1.67. The van der Waals surface area contributed by atoms with Gasteiger partial charge in [0.25, 0.3) is 0 Å². The number of allylic oxidation sites excluding steroid dienone is 2.